The van der Waals surface area contributed by atoms with Gasteiger partial charge in [0, 0.05) is 22.8 Å². The van der Waals surface area contributed by atoms with Crippen LogP contribution in [0.1, 0.15) is 28.4 Å². The molecule has 0 saturated heterocycles. The van der Waals surface area contributed by atoms with E-state index in [1.807, 2.05) is 25.2 Å². The first kappa shape index (κ1) is 14.8. The van der Waals surface area contributed by atoms with E-state index in [-0.39, 0.29) is 5.78 Å². The molecule has 0 radical (unpaired) electrons. The number of carbonyl (C=O) groups is 1. The van der Waals surface area contributed by atoms with Crippen LogP contribution in [-0.4, -0.2) is 12.8 Å². The third kappa shape index (κ3) is 2.93. The molecule has 2 aromatic rings. The first-order valence-electron chi connectivity index (χ1n) is 6.51. The Morgan fingerprint density at radius 1 is 1.05 bits per heavy atom. The molecule has 0 aliphatic rings. The molecule has 0 aliphatic carbocycles. The Hall–Kier alpha value is -1.61. The molecule has 0 atom stereocenters. The summed E-state index contributed by atoms with van der Waals surface area (Å²) in [6.45, 7) is 5.77. The lowest BCUT2D eigenvalue weighted by atomic mass is 10.1. The van der Waals surface area contributed by atoms with Gasteiger partial charge in [-0.3, -0.25) is 4.79 Å². The lowest BCUT2D eigenvalue weighted by Crippen LogP contribution is -2.14. The topological polar surface area (TPSA) is 20.3 Å². The van der Waals surface area contributed by atoms with Crippen LogP contribution in [0.25, 0.3) is 0 Å². The number of hydrogen-bond donors (Lipinski definition) is 0. The largest absolute Gasteiger partial charge is 0.344 e. The van der Waals surface area contributed by atoms with Crippen molar-refractivity contribution < 1.29 is 4.79 Å². The van der Waals surface area contributed by atoms with Crippen molar-refractivity contribution in [1.29, 1.82) is 0 Å². The minimum Gasteiger partial charge on any atom is -0.344 e. The molecule has 0 bridgehead atoms. The minimum atomic E-state index is 0.0675. The molecule has 0 fully saturated rings. The highest BCUT2D eigenvalue weighted by molar-refractivity contribution is 9.10. The van der Waals surface area contributed by atoms with Gasteiger partial charge in [-0.15, -0.1) is 0 Å². The second kappa shape index (κ2) is 5.80. The summed E-state index contributed by atoms with van der Waals surface area (Å²) in [4.78, 5) is 13.9. The highest BCUT2D eigenvalue weighted by Crippen LogP contribution is 2.31. The molecule has 0 unspecified atom stereocenters. The van der Waals surface area contributed by atoms with Crippen LogP contribution in [0.5, 0.6) is 0 Å². The summed E-state index contributed by atoms with van der Waals surface area (Å²) >= 11 is 3.42. The van der Waals surface area contributed by atoms with Gasteiger partial charge in [-0.1, -0.05) is 33.6 Å². The van der Waals surface area contributed by atoms with E-state index in [1.54, 1.807) is 6.92 Å². The van der Waals surface area contributed by atoms with Crippen LogP contribution in [-0.2, 0) is 0 Å². The van der Waals surface area contributed by atoms with Crippen molar-refractivity contribution >= 4 is 33.1 Å². The number of rotatable bonds is 3. The molecule has 104 valence electrons. The van der Waals surface area contributed by atoms with E-state index in [1.165, 1.54) is 11.1 Å². The van der Waals surface area contributed by atoms with E-state index in [4.69, 9.17) is 0 Å². The fourth-order valence-corrected chi connectivity index (χ4v) is 2.76. The van der Waals surface area contributed by atoms with Gasteiger partial charge in [0.25, 0.3) is 0 Å². The summed E-state index contributed by atoms with van der Waals surface area (Å²) < 4.78 is 0.917. The van der Waals surface area contributed by atoms with Crippen LogP contribution in [0, 0.1) is 13.8 Å². The standard InChI is InChI=1S/C17H18BrNO/c1-11-5-7-16(12(2)9-11)19(4)17-8-6-14(18)10-15(17)13(3)20/h5-10H,1-4H3. The number of anilines is 2. The second-order valence-electron chi connectivity index (χ2n) is 5.07. The number of halogens is 1. The van der Waals surface area contributed by atoms with Gasteiger partial charge in [-0.2, -0.15) is 0 Å². The number of aryl methyl sites for hydroxylation is 2. The molecule has 0 amide bonds. The van der Waals surface area contributed by atoms with E-state index in [2.05, 4.69) is 52.9 Å². The highest BCUT2D eigenvalue weighted by Gasteiger charge is 2.14. The Kier molecular flexibility index (Phi) is 4.29. The summed E-state index contributed by atoms with van der Waals surface area (Å²) in [7, 11) is 1.99. The molecule has 0 aliphatic heterocycles. The van der Waals surface area contributed by atoms with Crippen LogP contribution in [0.4, 0.5) is 11.4 Å². The lowest BCUT2D eigenvalue weighted by molar-refractivity contribution is 0.101. The average molecular weight is 332 g/mol. The summed E-state index contributed by atoms with van der Waals surface area (Å²) in [5, 5.41) is 0. The maximum atomic E-state index is 11.8. The second-order valence-corrected chi connectivity index (χ2v) is 5.98. The first-order valence-corrected chi connectivity index (χ1v) is 7.31. The molecule has 2 rings (SSSR count). The summed E-state index contributed by atoms with van der Waals surface area (Å²) in [5.41, 5.74) is 5.20. The van der Waals surface area contributed by atoms with Gasteiger partial charge in [-0.05, 0) is 50.6 Å². The number of carbonyl (C=O) groups excluding carboxylic acids is 1. The zero-order valence-electron chi connectivity index (χ0n) is 12.2. The fourth-order valence-electron chi connectivity index (χ4n) is 2.39. The number of benzene rings is 2. The van der Waals surface area contributed by atoms with Gasteiger partial charge in [-0.25, -0.2) is 0 Å². The quantitative estimate of drug-likeness (QED) is 0.734. The normalized spacial score (nSPS) is 10.4. The van der Waals surface area contributed by atoms with Gasteiger partial charge in [0.1, 0.15) is 0 Å². The Balaban J connectivity index is 2.53. The van der Waals surface area contributed by atoms with Gasteiger partial charge < -0.3 is 4.90 Å². The van der Waals surface area contributed by atoms with Crippen molar-refractivity contribution in [3.63, 3.8) is 0 Å². The van der Waals surface area contributed by atoms with E-state index in [0.29, 0.717) is 0 Å². The minimum absolute atomic E-state index is 0.0675. The average Bonchev–Trinajstić information content (AvgIpc) is 2.37. The summed E-state index contributed by atoms with van der Waals surface area (Å²) in [6.07, 6.45) is 0. The van der Waals surface area contributed by atoms with Crippen molar-refractivity contribution in [3.8, 4) is 0 Å². The Bertz CT molecular complexity index is 664. The third-order valence-corrected chi connectivity index (χ3v) is 3.91. The Morgan fingerprint density at radius 3 is 2.30 bits per heavy atom. The monoisotopic (exact) mass is 331 g/mol. The molecule has 0 saturated carbocycles. The summed E-state index contributed by atoms with van der Waals surface area (Å²) in [6, 6.07) is 12.1. The Labute approximate surface area is 128 Å². The van der Waals surface area contributed by atoms with Crippen LogP contribution >= 0.6 is 15.9 Å². The summed E-state index contributed by atoms with van der Waals surface area (Å²) in [5.74, 6) is 0.0675. The Morgan fingerprint density at radius 2 is 1.70 bits per heavy atom. The molecular formula is C17H18BrNO. The third-order valence-electron chi connectivity index (χ3n) is 3.41. The fraction of sp³-hybridized carbons (Fsp3) is 0.235. The van der Waals surface area contributed by atoms with Gasteiger partial charge >= 0.3 is 0 Å². The molecular weight excluding hydrogens is 314 g/mol. The van der Waals surface area contributed by atoms with Gasteiger partial charge in [0.15, 0.2) is 5.78 Å². The molecule has 2 nitrogen and oxygen atoms in total. The first-order chi connectivity index (χ1) is 9.40. The molecule has 2 aromatic carbocycles. The van der Waals surface area contributed by atoms with Crippen LogP contribution in [0.3, 0.4) is 0 Å². The molecule has 0 spiro atoms. The van der Waals surface area contributed by atoms with E-state index >= 15 is 0 Å². The van der Waals surface area contributed by atoms with Crippen molar-refractivity contribution in [2.24, 2.45) is 0 Å². The van der Waals surface area contributed by atoms with Crippen molar-refractivity contribution in [1.82, 2.24) is 0 Å². The number of hydrogen-bond acceptors (Lipinski definition) is 2. The predicted molar refractivity (Wildman–Crippen MR) is 88.1 cm³/mol. The molecule has 0 heterocycles. The van der Waals surface area contributed by atoms with Gasteiger partial charge in [0.2, 0.25) is 0 Å². The van der Waals surface area contributed by atoms with Crippen LogP contribution in [0.15, 0.2) is 40.9 Å². The maximum Gasteiger partial charge on any atom is 0.161 e. The molecule has 3 heteroatoms. The zero-order chi connectivity index (χ0) is 14.9. The van der Waals surface area contributed by atoms with Crippen molar-refractivity contribution in [3.05, 3.63) is 57.6 Å². The number of ketones is 1. The molecule has 0 N–H and O–H groups in total. The SMILES string of the molecule is CC(=O)c1cc(Br)ccc1N(C)c1ccc(C)cc1C. The number of Topliss-reactive ketones (excluding diaryl/α,β-unsaturated/α-hetero) is 1. The highest BCUT2D eigenvalue weighted by atomic mass is 79.9. The smallest absolute Gasteiger partial charge is 0.161 e. The van der Waals surface area contributed by atoms with E-state index in [9.17, 15) is 4.79 Å². The van der Waals surface area contributed by atoms with E-state index < -0.39 is 0 Å². The number of nitrogens with zero attached hydrogens (tertiary/aromatic N) is 1. The molecule has 0 aromatic heterocycles. The maximum absolute atomic E-state index is 11.8. The van der Waals surface area contributed by atoms with E-state index in [0.717, 1.165) is 21.4 Å². The predicted octanol–water partition coefficient (Wildman–Crippen LogP) is 5.04. The van der Waals surface area contributed by atoms with Gasteiger partial charge in [0.05, 0.1) is 5.69 Å². The van der Waals surface area contributed by atoms with Crippen LogP contribution in [0.2, 0.25) is 0 Å². The lowest BCUT2D eigenvalue weighted by Gasteiger charge is -2.24. The van der Waals surface area contributed by atoms with Crippen molar-refractivity contribution in [2.75, 3.05) is 11.9 Å². The molecule has 20 heavy (non-hydrogen) atoms. The van der Waals surface area contributed by atoms with Crippen LogP contribution < -0.4 is 4.90 Å². The zero-order valence-corrected chi connectivity index (χ0v) is 13.8. The van der Waals surface area contributed by atoms with Crippen molar-refractivity contribution in [2.45, 2.75) is 20.8 Å².